The first-order valence-corrected chi connectivity index (χ1v) is 9.68. The van der Waals surface area contributed by atoms with Gasteiger partial charge < -0.3 is 19.9 Å². The van der Waals surface area contributed by atoms with Crippen molar-refractivity contribution in [3.05, 3.63) is 44.7 Å². The summed E-state index contributed by atoms with van der Waals surface area (Å²) in [7, 11) is 3.31. The molecular formula is C20H26N4O5. The van der Waals surface area contributed by atoms with E-state index in [4.69, 9.17) is 4.74 Å². The van der Waals surface area contributed by atoms with Gasteiger partial charge in [-0.05, 0) is 38.7 Å². The number of pyridine rings is 1. The van der Waals surface area contributed by atoms with Crippen molar-refractivity contribution in [2.75, 3.05) is 12.4 Å². The highest BCUT2D eigenvalue weighted by molar-refractivity contribution is 5.95. The Balaban J connectivity index is 1.78. The SMILES string of the molecule is COC1CCC(NC(=O)[C@@H](C)Nc2cc(=O)n(C)c3ccc([N+](=O)[O-])cc23)CC1. The third-order valence-corrected chi connectivity index (χ3v) is 5.56. The number of hydrogen-bond donors (Lipinski definition) is 2. The van der Waals surface area contributed by atoms with Gasteiger partial charge in [-0.3, -0.25) is 19.7 Å². The highest BCUT2D eigenvalue weighted by Gasteiger charge is 2.24. The third-order valence-electron chi connectivity index (χ3n) is 5.56. The van der Waals surface area contributed by atoms with E-state index in [1.54, 1.807) is 27.1 Å². The second-order valence-electron chi connectivity index (χ2n) is 7.50. The number of nitro benzene ring substituents is 1. The monoisotopic (exact) mass is 402 g/mol. The van der Waals surface area contributed by atoms with Crippen LogP contribution in [0.5, 0.6) is 0 Å². The Kier molecular flexibility index (Phi) is 6.17. The number of amides is 1. The maximum absolute atomic E-state index is 12.6. The van der Waals surface area contributed by atoms with Crippen LogP contribution in [0.15, 0.2) is 29.1 Å². The number of benzene rings is 1. The quantitative estimate of drug-likeness (QED) is 0.566. The van der Waals surface area contributed by atoms with E-state index in [0.29, 0.717) is 16.6 Å². The van der Waals surface area contributed by atoms with Gasteiger partial charge in [-0.15, -0.1) is 0 Å². The summed E-state index contributed by atoms with van der Waals surface area (Å²) in [5, 5.41) is 17.8. The molecule has 9 nitrogen and oxygen atoms in total. The van der Waals surface area contributed by atoms with Gasteiger partial charge in [0.2, 0.25) is 5.91 Å². The number of non-ortho nitro benzene ring substituents is 1. The average molecular weight is 402 g/mol. The Hall–Kier alpha value is -2.94. The van der Waals surface area contributed by atoms with Crippen LogP contribution in [-0.2, 0) is 16.6 Å². The van der Waals surface area contributed by atoms with Gasteiger partial charge in [-0.2, -0.15) is 0 Å². The van der Waals surface area contributed by atoms with Crippen molar-refractivity contribution in [2.45, 2.75) is 50.8 Å². The number of fused-ring (bicyclic) bond motifs is 1. The van der Waals surface area contributed by atoms with Crippen LogP contribution < -0.4 is 16.2 Å². The number of ether oxygens (including phenoxy) is 1. The second kappa shape index (κ2) is 8.60. The fourth-order valence-electron chi connectivity index (χ4n) is 3.75. The summed E-state index contributed by atoms with van der Waals surface area (Å²) in [6.07, 6.45) is 3.79. The molecule has 0 saturated heterocycles. The number of aryl methyl sites for hydroxylation is 1. The van der Waals surface area contributed by atoms with Crippen molar-refractivity contribution in [1.29, 1.82) is 0 Å². The maximum Gasteiger partial charge on any atom is 0.270 e. The smallest absolute Gasteiger partial charge is 0.270 e. The number of nitrogens with one attached hydrogen (secondary N) is 2. The third kappa shape index (κ3) is 4.56. The lowest BCUT2D eigenvalue weighted by atomic mass is 9.93. The Morgan fingerprint density at radius 1 is 1.28 bits per heavy atom. The van der Waals surface area contributed by atoms with Gasteiger partial charge in [0.1, 0.15) is 6.04 Å². The summed E-state index contributed by atoms with van der Waals surface area (Å²) >= 11 is 0. The van der Waals surface area contributed by atoms with Crippen molar-refractivity contribution < 1.29 is 14.5 Å². The summed E-state index contributed by atoms with van der Waals surface area (Å²) in [6.45, 7) is 1.71. The van der Waals surface area contributed by atoms with E-state index in [0.717, 1.165) is 25.7 Å². The van der Waals surface area contributed by atoms with Crippen molar-refractivity contribution >= 4 is 28.2 Å². The fraction of sp³-hybridized carbons (Fsp3) is 0.500. The first-order chi connectivity index (χ1) is 13.8. The first-order valence-electron chi connectivity index (χ1n) is 9.68. The van der Waals surface area contributed by atoms with Crippen LogP contribution >= 0.6 is 0 Å². The van der Waals surface area contributed by atoms with E-state index in [2.05, 4.69) is 10.6 Å². The molecule has 0 spiro atoms. The molecule has 9 heteroatoms. The lowest BCUT2D eigenvalue weighted by Crippen LogP contribution is -2.45. The summed E-state index contributed by atoms with van der Waals surface area (Å²) < 4.78 is 6.77. The normalized spacial score (nSPS) is 20.2. The Bertz CT molecular complexity index is 979. The fourth-order valence-corrected chi connectivity index (χ4v) is 3.75. The number of aromatic nitrogens is 1. The van der Waals surface area contributed by atoms with Crippen LogP contribution in [0.3, 0.4) is 0 Å². The highest BCUT2D eigenvalue weighted by atomic mass is 16.6. The van der Waals surface area contributed by atoms with Crippen LogP contribution in [0.2, 0.25) is 0 Å². The molecule has 1 heterocycles. The van der Waals surface area contributed by atoms with E-state index in [-0.39, 0.29) is 29.3 Å². The van der Waals surface area contributed by atoms with Crippen LogP contribution in [0.4, 0.5) is 11.4 Å². The van der Waals surface area contributed by atoms with E-state index in [9.17, 15) is 19.7 Å². The predicted molar refractivity (Wildman–Crippen MR) is 110 cm³/mol. The standard InChI is InChI=1S/C20H26N4O5/c1-12(20(26)22-13-4-7-15(29-3)8-5-13)21-17-11-19(25)23(2)18-9-6-14(24(27)28)10-16(17)18/h6,9-13,15,21H,4-5,7-8H2,1-3H3,(H,22,26)/t12-,13?,15?/m1/s1. The van der Waals surface area contributed by atoms with Gasteiger partial charge in [-0.1, -0.05) is 0 Å². The number of carbonyl (C=O) groups is 1. The van der Waals surface area contributed by atoms with Gasteiger partial charge in [0.15, 0.2) is 0 Å². The minimum atomic E-state index is -0.607. The number of nitro groups is 1. The molecule has 2 N–H and O–H groups in total. The predicted octanol–water partition coefficient (Wildman–Crippen LogP) is 2.32. The van der Waals surface area contributed by atoms with Gasteiger partial charge in [-0.25, -0.2) is 0 Å². The van der Waals surface area contributed by atoms with E-state index in [1.165, 1.54) is 22.8 Å². The molecule has 1 aliphatic rings. The molecule has 0 bridgehead atoms. The molecule has 156 valence electrons. The largest absolute Gasteiger partial charge is 0.381 e. The van der Waals surface area contributed by atoms with Crippen molar-refractivity contribution in [2.24, 2.45) is 7.05 Å². The Labute approximate surface area is 168 Å². The molecule has 1 saturated carbocycles. The van der Waals surface area contributed by atoms with Crippen LogP contribution in [0.1, 0.15) is 32.6 Å². The molecule has 1 fully saturated rings. The molecule has 0 radical (unpaired) electrons. The summed E-state index contributed by atoms with van der Waals surface area (Å²) in [5.41, 5.74) is 0.610. The molecule has 0 aliphatic heterocycles. The number of rotatable bonds is 6. The lowest BCUT2D eigenvalue weighted by Gasteiger charge is -2.29. The zero-order valence-electron chi connectivity index (χ0n) is 16.8. The van der Waals surface area contributed by atoms with Gasteiger partial charge in [0.05, 0.1) is 16.5 Å². The van der Waals surface area contributed by atoms with Gasteiger partial charge in [0, 0.05) is 49.5 Å². The van der Waals surface area contributed by atoms with Crippen LogP contribution in [-0.4, -0.2) is 40.7 Å². The van der Waals surface area contributed by atoms with Crippen molar-refractivity contribution in [1.82, 2.24) is 9.88 Å². The van der Waals surface area contributed by atoms with Crippen molar-refractivity contribution in [3.63, 3.8) is 0 Å². The molecule has 1 aromatic heterocycles. The van der Waals surface area contributed by atoms with Crippen LogP contribution in [0, 0.1) is 10.1 Å². The molecule has 2 aromatic rings. The van der Waals surface area contributed by atoms with E-state index < -0.39 is 11.0 Å². The van der Waals surface area contributed by atoms with Crippen LogP contribution in [0.25, 0.3) is 10.9 Å². The number of anilines is 1. The number of carbonyl (C=O) groups excluding carboxylic acids is 1. The minimum absolute atomic E-state index is 0.0776. The zero-order valence-corrected chi connectivity index (χ0v) is 16.8. The highest BCUT2D eigenvalue weighted by Crippen LogP contribution is 2.26. The maximum atomic E-state index is 12.6. The molecule has 1 atom stereocenters. The van der Waals surface area contributed by atoms with Gasteiger partial charge >= 0.3 is 0 Å². The summed E-state index contributed by atoms with van der Waals surface area (Å²) in [4.78, 5) is 35.6. The van der Waals surface area contributed by atoms with Crippen molar-refractivity contribution in [3.8, 4) is 0 Å². The van der Waals surface area contributed by atoms with E-state index in [1.807, 2.05) is 0 Å². The molecule has 1 amide bonds. The molecule has 3 rings (SSSR count). The molecule has 1 aromatic carbocycles. The van der Waals surface area contributed by atoms with Gasteiger partial charge in [0.25, 0.3) is 11.2 Å². The lowest BCUT2D eigenvalue weighted by molar-refractivity contribution is -0.384. The summed E-state index contributed by atoms with van der Waals surface area (Å²) in [6, 6.07) is 5.16. The molecular weight excluding hydrogens is 376 g/mol. The topological polar surface area (TPSA) is 116 Å². The number of hydrogen-bond acceptors (Lipinski definition) is 6. The number of nitrogens with zero attached hydrogens (tertiary/aromatic N) is 2. The Morgan fingerprint density at radius 2 is 1.97 bits per heavy atom. The molecule has 1 aliphatic carbocycles. The minimum Gasteiger partial charge on any atom is -0.381 e. The first kappa shape index (κ1) is 20.8. The zero-order chi connectivity index (χ0) is 21.1. The Morgan fingerprint density at radius 3 is 2.59 bits per heavy atom. The number of methoxy groups -OCH3 is 1. The van der Waals surface area contributed by atoms with E-state index >= 15 is 0 Å². The molecule has 0 unspecified atom stereocenters. The molecule has 29 heavy (non-hydrogen) atoms. The average Bonchev–Trinajstić information content (AvgIpc) is 2.71. The summed E-state index contributed by atoms with van der Waals surface area (Å²) in [5.74, 6) is -0.176. The second-order valence-corrected chi connectivity index (χ2v) is 7.50.